The molecule has 1 aromatic rings. The van der Waals surface area contributed by atoms with E-state index >= 15 is 0 Å². The van der Waals surface area contributed by atoms with Crippen molar-refractivity contribution in [1.29, 1.82) is 0 Å². The van der Waals surface area contributed by atoms with Crippen LogP contribution in [0.3, 0.4) is 0 Å². The van der Waals surface area contributed by atoms with Gasteiger partial charge in [0.2, 0.25) is 0 Å². The Labute approximate surface area is 105 Å². The van der Waals surface area contributed by atoms with E-state index in [0.29, 0.717) is 23.9 Å². The molecule has 1 saturated heterocycles. The second-order valence-corrected chi connectivity index (χ2v) is 4.94. The van der Waals surface area contributed by atoms with Crippen LogP contribution < -0.4 is 0 Å². The van der Waals surface area contributed by atoms with Crippen LogP contribution in [0.15, 0.2) is 18.2 Å². The van der Waals surface area contributed by atoms with Crippen molar-refractivity contribution in [3.8, 4) is 0 Å². The van der Waals surface area contributed by atoms with Crippen molar-refractivity contribution < 1.29 is 8.78 Å². The van der Waals surface area contributed by atoms with Crippen LogP contribution >= 0.6 is 11.6 Å². The van der Waals surface area contributed by atoms with Crippen LogP contribution in [0.2, 0.25) is 0 Å². The Balaban J connectivity index is 2.00. The van der Waals surface area contributed by atoms with Gasteiger partial charge in [-0.3, -0.25) is 4.90 Å². The van der Waals surface area contributed by atoms with Crippen LogP contribution in [-0.4, -0.2) is 23.9 Å². The molecular formula is C13H16ClF2N. The number of hydrogen-bond donors (Lipinski definition) is 0. The van der Waals surface area contributed by atoms with Gasteiger partial charge in [0.15, 0.2) is 0 Å². The highest BCUT2D eigenvalue weighted by atomic mass is 35.5. The van der Waals surface area contributed by atoms with Crippen molar-refractivity contribution in [2.75, 3.05) is 19.0 Å². The summed E-state index contributed by atoms with van der Waals surface area (Å²) in [7, 11) is 0. The zero-order chi connectivity index (χ0) is 12.3. The summed E-state index contributed by atoms with van der Waals surface area (Å²) in [6.45, 7) is 2.41. The van der Waals surface area contributed by atoms with Gasteiger partial charge in [0.25, 0.3) is 0 Å². The molecule has 0 radical (unpaired) electrons. The van der Waals surface area contributed by atoms with Crippen molar-refractivity contribution in [3.05, 3.63) is 35.4 Å². The van der Waals surface area contributed by atoms with Gasteiger partial charge in [0, 0.05) is 30.6 Å². The Morgan fingerprint density at radius 3 is 2.88 bits per heavy atom. The van der Waals surface area contributed by atoms with Gasteiger partial charge in [-0.2, -0.15) is 0 Å². The first-order chi connectivity index (χ1) is 8.19. The van der Waals surface area contributed by atoms with Crippen molar-refractivity contribution in [1.82, 2.24) is 4.90 Å². The first-order valence-electron chi connectivity index (χ1n) is 5.91. The molecule has 0 bridgehead atoms. The van der Waals surface area contributed by atoms with Crippen LogP contribution in [0.25, 0.3) is 0 Å². The van der Waals surface area contributed by atoms with Crippen LogP contribution in [0, 0.1) is 17.6 Å². The average molecular weight is 260 g/mol. The number of hydrogen-bond acceptors (Lipinski definition) is 1. The van der Waals surface area contributed by atoms with E-state index in [1.54, 1.807) is 0 Å². The predicted molar refractivity (Wildman–Crippen MR) is 65.1 cm³/mol. The number of alkyl halides is 1. The highest BCUT2D eigenvalue weighted by molar-refractivity contribution is 6.18. The molecule has 1 heterocycles. The molecule has 1 unspecified atom stereocenters. The SMILES string of the molecule is Fc1ccc(CN2CCCC(CCl)C2)c(F)c1. The van der Waals surface area contributed by atoms with E-state index in [1.807, 2.05) is 0 Å². The van der Waals surface area contributed by atoms with Crippen LogP contribution in [0.5, 0.6) is 0 Å². The fourth-order valence-electron chi connectivity index (χ4n) is 2.31. The number of likely N-dealkylation sites (tertiary alicyclic amines) is 1. The first kappa shape index (κ1) is 12.8. The Morgan fingerprint density at radius 1 is 1.35 bits per heavy atom. The summed E-state index contributed by atoms with van der Waals surface area (Å²) >= 11 is 5.85. The van der Waals surface area contributed by atoms with Crippen molar-refractivity contribution in [2.24, 2.45) is 5.92 Å². The topological polar surface area (TPSA) is 3.24 Å². The number of nitrogens with zero attached hydrogens (tertiary/aromatic N) is 1. The molecule has 17 heavy (non-hydrogen) atoms. The van der Waals surface area contributed by atoms with E-state index in [2.05, 4.69) is 4.90 Å². The Morgan fingerprint density at radius 2 is 2.18 bits per heavy atom. The summed E-state index contributed by atoms with van der Waals surface area (Å²) in [6.07, 6.45) is 2.24. The molecule has 1 aliphatic rings. The molecule has 0 aromatic heterocycles. The lowest BCUT2D eigenvalue weighted by atomic mass is 9.99. The zero-order valence-electron chi connectivity index (χ0n) is 9.63. The second kappa shape index (κ2) is 5.78. The van der Waals surface area contributed by atoms with Gasteiger partial charge in [-0.15, -0.1) is 11.6 Å². The lowest BCUT2D eigenvalue weighted by molar-refractivity contribution is 0.176. The third-order valence-electron chi connectivity index (χ3n) is 3.23. The van der Waals surface area contributed by atoms with Gasteiger partial charge in [-0.25, -0.2) is 8.78 Å². The summed E-state index contributed by atoms with van der Waals surface area (Å²) in [5, 5.41) is 0. The van der Waals surface area contributed by atoms with Gasteiger partial charge in [-0.05, 0) is 31.4 Å². The minimum atomic E-state index is -0.525. The average Bonchev–Trinajstić information content (AvgIpc) is 2.33. The molecule has 0 saturated carbocycles. The van der Waals surface area contributed by atoms with Gasteiger partial charge >= 0.3 is 0 Å². The maximum atomic E-state index is 13.5. The van der Waals surface area contributed by atoms with E-state index in [0.717, 1.165) is 32.0 Å². The predicted octanol–water partition coefficient (Wildman–Crippen LogP) is 3.42. The Kier molecular flexibility index (Phi) is 4.35. The smallest absolute Gasteiger partial charge is 0.130 e. The van der Waals surface area contributed by atoms with E-state index in [9.17, 15) is 8.78 Å². The van der Waals surface area contributed by atoms with E-state index < -0.39 is 11.6 Å². The van der Waals surface area contributed by atoms with Crippen molar-refractivity contribution in [2.45, 2.75) is 19.4 Å². The highest BCUT2D eigenvalue weighted by Crippen LogP contribution is 2.20. The fraction of sp³-hybridized carbons (Fsp3) is 0.538. The van der Waals surface area contributed by atoms with Gasteiger partial charge in [0.1, 0.15) is 11.6 Å². The van der Waals surface area contributed by atoms with Crippen LogP contribution in [-0.2, 0) is 6.54 Å². The molecule has 1 nitrogen and oxygen atoms in total. The summed E-state index contributed by atoms with van der Waals surface area (Å²) in [5.74, 6) is 0.165. The third-order valence-corrected chi connectivity index (χ3v) is 3.67. The maximum Gasteiger partial charge on any atom is 0.130 e. The van der Waals surface area contributed by atoms with Gasteiger partial charge < -0.3 is 0 Å². The molecule has 1 atom stereocenters. The minimum Gasteiger partial charge on any atom is -0.299 e. The zero-order valence-corrected chi connectivity index (χ0v) is 10.4. The molecule has 2 rings (SSSR count). The van der Waals surface area contributed by atoms with E-state index in [-0.39, 0.29) is 0 Å². The molecule has 1 aromatic carbocycles. The summed E-state index contributed by atoms with van der Waals surface area (Å²) in [5.41, 5.74) is 0.557. The van der Waals surface area contributed by atoms with Crippen LogP contribution in [0.1, 0.15) is 18.4 Å². The second-order valence-electron chi connectivity index (χ2n) is 4.63. The molecule has 0 amide bonds. The number of piperidine rings is 1. The normalized spacial score (nSPS) is 21.7. The Bertz CT molecular complexity index is 384. The largest absolute Gasteiger partial charge is 0.299 e. The molecule has 4 heteroatoms. The summed E-state index contributed by atoms with van der Waals surface area (Å²) in [4.78, 5) is 2.19. The lowest BCUT2D eigenvalue weighted by Gasteiger charge is -2.31. The molecule has 94 valence electrons. The molecular weight excluding hydrogens is 244 g/mol. The third kappa shape index (κ3) is 3.39. The molecule has 1 fully saturated rings. The number of rotatable bonds is 3. The maximum absolute atomic E-state index is 13.5. The van der Waals surface area contributed by atoms with E-state index in [1.165, 1.54) is 12.1 Å². The van der Waals surface area contributed by atoms with Gasteiger partial charge in [0.05, 0.1) is 0 Å². The lowest BCUT2D eigenvalue weighted by Crippen LogP contribution is -2.35. The fourth-order valence-corrected chi connectivity index (χ4v) is 2.56. The number of halogens is 3. The van der Waals surface area contributed by atoms with Crippen LogP contribution in [0.4, 0.5) is 8.78 Å². The standard InChI is InChI=1S/C13H16ClF2N/c14-7-10-2-1-5-17(8-10)9-11-3-4-12(15)6-13(11)16/h3-4,6,10H,1-2,5,7-9H2. The first-order valence-corrected chi connectivity index (χ1v) is 6.44. The molecule has 0 spiro atoms. The quantitative estimate of drug-likeness (QED) is 0.752. The minimum absolute atomic E-state index is 0.460. The monoisotopic (exact) mass is 259 g/mol. The molecule has 0 N–H and O–H groups in total. The van der Waals surface area contributed by atoms with Crippen molar-refractivity contribution in [3.63, 3.8) is 0 Å². The van der Waals surface area contributed by atoms with Gasteiger partial charge in [-0.1, -0.05) is 6.07 Å². The molecule has 1 aliphatic heterocycles. The summed E-state index contributed by atoms with van der Waals surface area (Å²) < 4.78 is 26.3. The number of benzene rings is 1. The van der Waals surface area contributed by atoms with Crippen molar-refractivity contribution >= 4 is 11.6 Å². The Hall–Kier alpha value is -0.670. The highest BCUT2D eigenvalue weighted by Gasteiger charge is 2.19. The molecule has 0 aliphatic carbocycles. The summed E-state index contributed by atoms with van der Waals surface area (Å²) in [6, 6.07) is 3.77. The van der Waals surface area contributed by atoms with E-state index in [4.69, 9.17) is 11.6 Å².